The topological polar surface area (TPSA) is 104 Å². The summed E-state index contributed by atoms with van der Waals surface area (Å²) in [4.78, 5) is 32.0. The third-order valence-corrected chi connectivity index (χ3v) is 5.86. The Balaban J connectivity index is 1.67. The maximum Gasteiger partial charge on any atom is 0.300 e. The molecule has 33 heavy (non-hydrogen) atoms. The Morgan fingerprint density at radius 2 is 1.94 bits per heavy atom. The lowest BCUT2D eigenvalue weighted by Crippen LogP contribution is -2.29. The van der Waals surface area contributed by atoms with Crippen LogP contribution in [0.25, 0.3) is 5.76 Å². The first-order valence-corrected chi connectivity index (χ1v) is 10.5. The molecule has 2 atom stereocenters. The molecule has 0 radical (unpaired) electrons. The molecule has 0 spiro atoms. The number of aliphatic hydroxyl groups is 1. The number of nitrogens with zero attached hydrogens (tertiary/aromatic N) is 3. The standard InChI is InChI=1S/C26H19N3O4/c1-15-12-18-13-17(7-10-21(18)33-15)24(30)22-23(20-4-2-3-11-28-20)29(26(32)25(22)31)19-8-5-16(14-27)6-9-19/h2-11,13,15,23,30H,12H2,1H3/b24-22-. The van der Waals surface area contributed by atoms with Gasteiger partial charge < -0.3 is 9.84 Å². The van der Waals surface area contributed by atoms with Crippen molar-refractivity contribution in [2.75, 3.05) is 4.90 Å². The molecule has 5 rings (SSSR count). The van der Waals surface area contributed by atoms with Gasteiger partial charge in [0.15, 0.2) is 0 Å². The molecule has 1 aromatic heterocycles. The van der Waals surface area contributed by atoms with E-state index in [0.717, 1.165) is 11.3 Å². The molecular formula is C26H19N3O4. The van der Waals surface area contributed by atoms with Gasteiger partial charge in [-0.3, -0.25) is 19.5 Å². The zero-order chi connectivity index (χ0) is 23.1. The van der Waals surface area contributed by atoms with Gasteiger partial charge >= 0.3 is 0 Å². The van der Waals surface area contributed by atoms with Crippen molar-refractivity contribution in [2.24, 2.45) is 0 Å². The van der Waals surface area contributed by atoms with Crippen LogP contribution in [0.4, 0.5) is 5.69 Å². The molecule has 0 aliphatic carbocycles. The van der Waals surface area contributed by atoms with E-state index in [1.165, 1.54) is 4.90 Å². The predicted molar refractivity (Wildman–Crippen MR) is 120 cm³/mol. The minimum atomic E-state index is -0.914. The number of aromatic nitrogens is 1. The highest BCUT2D eigenvalue weighted by Gasteiger charge is 2.47. The summed E-state index contributed by atoms with van der Waals surface area (Å²) in [6, 6.07) is 17.9. The first-order chi connectivity index (χ1) is 16.0. The molecule has 7 nitrogen and oxygen atoms in total. The second-order valence-corrected chi connectivity index (χ2v) is 8.04. The predicted octanol–water partition coefficient (Wildman–Crippen LogP) is 3.90. The van der Waals surface area contributed by atoms with Crippen molar-refractivity contribution in [3.8, 4) is 11.8 Å². The first kappa shape index (κ1) is 20.5. The highest BCUT2D eigenvalue weighted by Crippen LogP contribution is 2.42. The largest absolute Gasteiger partial charge is 0.507 e. The Morgan fingerprint density at radius 1 is 1.15 bits per heavy atom. The molecule has 7 heteroatoms. The molecule has 2 unspecified atom stereocenters. The molecule has 0 saturated carbocycles. The number of ketones is 1. The van der Waals surface area contributed by atoms with Gasteiger partial charge in [0, 0.05) is 23.9 Å². The Morgan fingerprint density at radius 3 is 2.64 bits per heavy atom. The lowest BCUT2D eigenvalue weighted by atomic mass is 9.96. The van der Waals surface area contributed by atoms with Crippen molar-refractivity contribution in [1.82, 2.24) is 4.98 Å². The van der Waals surface area contributed by atoms with E-state index in [1.54, 1.807) is 66.9 Å². The molecule has 3 heterocycles. The van der Waals surface area contributed by atoms with Crippen molar-refractivity contribution < 1.29 is 19.4 Å². The SMILES string of the molecule is CC1Cc2cc(/C(O)=C3/C(=O)C(=O)N(c4ccc(C#N)cc4)C3c3ccccn3)ccc2O1. The number of benzene rings is 2. The maximum atomic E-state index is 13.2. The fourth-order valence-electron chi connectivity index (χ4n) is 4.34. The number of hydrogen-bond donors (Lipinski definition) is 1. The van der Waals surface area contributed by atoms with Gasteiger partial charge in [0.2, 0.25) is 0 Å². The van der Waals surface area contributed by atoms with Crippen molar-refractivity contribution in [2.45, 2.75) is 25.5 Å². The Bertz CT molecular complexity index is 1340. The summed E-state index contributed by atoms with van der Waals surface area (Å²) in [5, 5.41) is 20.4. The van der Waals surface area contributed by atoms with Gasteiger partial charge in [-0.05, 0) is 67.1 Å². The van der Waals surface area contributed by atoms with Crippen LogP contribution >= 0.6 is 0 Å². The van der Waals surface area contributed by atoms with E-state index < -0.39 is 17.7 Å². The van der Waals surface area contributed by atoms with E-state index in [9.17, 15) is 14.7 Å². The second-order valence-electron chi connectivity index (χ2n) is 8.04. The number of pyridine rings is 1. The van der Waals surface area contributed by atoms with Crippen LogP contribution < -0.4 is 9.64 Å². The van der Waals surface area contributed by atoms with Crippen molar-refractivity contribution in [1.29, 1.82) is 5.26 Å². The molecular weight excluding hydrogens is 418 g/mol. The Hall–Kier alpha value is -4.44. The zero-order valence-electron chi connectivity index (χ0n) is 17.7. The van der Waals surface area contributed by atoms with Crippen LogP contribution in [-0.2, 0) is 16.0 Å². The van der Waals surface area contributed by atoms with Gasteiger partial charge in [-0.2, -0.15) is 5.26 Å². The van der Waals surface area contributed by atoms with Gasteiger partial charge in [0.05, 0.1) is 22.9 Å². The quantitative estimate of drug-likeness (QED) is 0.379. The van der Waals surface area contributed by atoms with Crippen LogP contribution in [0.2, 0.25) is 0 Å². The van der Waals surface area contributed by atoms with E-state index in [0.29, 0.717) is 28.9 Å². The van der Waals surface area contributed by atoms with Crippen molar-refractivity contribution >= 4 is 23.1 Å². The normalized spacial score (nSPS) is 20.9. The number of hydrogen-bond acceptors (Lipinski definition) is 6. The summed E-state index contributed by atoms with van der Waals surface area (Å²) in [5.41, 5.74) is 2.64. The molecule has 162 valence electrons. The number of carbonyl (C=O) groups excluding carboxylic acids is 2. The summed E-state index contributed by atoms with van der Waals surface area (Å²) in [7, 11) is 0. The zero-order valence-corrected chi connectivity index (χ0v) is 17.7. The van der Waals surface area contributed by atoms with E-state index in [4.69, 9.17) is 10.00 Å². The second kappa shape index (κ2) is 7.92. The van der Waals surface area contributed by atoms with Crippen LogP contribution in [0, 0.1) is 11.3 Å². The Labute approximate surface area is 190 Å². The molecule has 2 aliphatic heterocycles. The highest BCUT2D eigenvalue weighted by molar-refractivity contribution is 6.51. The number of nitriles is 1. The average molecular weight is 437 g/mol. The lowest BCUT2D eigenvalue weighted by Gasteiger charge is -2.24. The first-order valence-electron chi connectivity index (χ1n) is 10.5. The smallest absolute Gasteiger partial charge is 0.300 e. The van der Waals surface area contributed by atoms with Gasteiger partial charge in [0.25, 0.3) is 11.7 Å². The van der Waals surface area contributed by atoms with Crippen LogP contribution in [0.5, 0.6) is 5.75 Å². The van der Waals surface area contributed by atoms with Gasteiger partial charge in [-0.1, -0.05) is 6.07 Å². The molecule has 1 N–H and O–H groups in total. The van der Waals surface area contributed by atoms with Crippen LogP contribution in [-0.4, -0.2) is 27.9 Å². The highest BCUT2D eigenvalue weighted by atomic mass is 16.5. The minimum Gasteiger partial charge on any atom is -0.507 e. The van der Waals surface area contributed by atoms with E-state index in [2.05, 4.69) is 4.98 Å². The van der Waals surface area contributed by atoms with Crippen molar-refractivity contribution in [3.63, 3.8) is 0 Å². The maximum absolute atomic E-state index is 13.2. The van der Waals surface area contributed by atoms with E-state index in [-0.39, 0.29) is 17.4 Å². The summed E-state index contributed by atoms with van der Waals surface area (Å²) in [6.07, 6.45) is 2.30. The molecule has 1 amide bonds. The van der Waals surface area contributed by atoms with E-state index >= 15 is 0 Å². The van der Waals surface area contributed by atoms with E-state index in [1.807, 2.05) is 13.0 Å². The monoisotopic (exact) mass is 437 g/mol. The van der Waals surface area contributed by atoms with Crippen LogP contribution in [0.3, 0.4) is 0 Å². The molecule has 0 bridgehead atoms. The summed E-state index contributed by atoms with van der Waals surface area (Å²) < 4.78 is 5.73. The third kappa shape index (κ3) is 3.42. The van der Waals surface area contributed by atoms with Crippen LogP contribution in [0.1, 0.15) is 35.3 Å². The number of anilines is 1. The number of fused-ring (bicyclic) bond motifs is 1. The molecule has 2 aromatic carbocycles. The number of ether oxygens (including phenoxy) is 1. The third-order valence-electron chi connectivity index (χ3n) is 5.86. The Kier molecular flexibility index (Phi) is 4.91. The number of amides is 1. The summed E-state index contributed by atoms with van der Waals surface area (Å²) >= 11 is 0. The van der Waals surface area contributed by atoms with Gasteiger partial charge in [-0.15, -0.1) is 0 Å². The minimum absolute atomic E-state index is 0.0324. The fraction of sp³-hybridized carbons (Fsp3) is 0.154. The van der Waals surface area contributed by atoms with Crippen LogP contribution in [0.15, 0.2) is 72.4 Å². The average Bonchev–Trinajstić information content (AvgIpc) is 3.34. The molecule has 1 fully saturated rings. The fourth-order valence-corrected chi connectivity index (χ4v) is 4.34. The number of carbonyl (C=O) groups is 2. The number of aliphatic hydroxyl groups excluding tert-OH is 1. The summed E-state index contributed by atoms with van der Waals surface area (Å²) in [5.74, 6) is -1.08. The van der Waals surface area contributed by atoms with Gasteiger partial charge in [0.1, 0.15) is 23.7 Å². The molecule has 2 aliphatic rings. The van der Waals surface area contributed by atoms with Gasteiger partial charge in [-0.25, -0.2) is 0 Å². The lowest BCUT2D eigenvalue weighted by molar-refractivity contribution is -0.132. The van der Waals surface area contributed by atoms with Crippen molar-refractivity contribution in [3.05, 3.63) is 94.8 Å². The number of rotatable bonds is 3. The molecule has 3 aromatic rings. The number of Topliss-reactive ketones (excluding diaryl/α,β-unsaturated/α-hetero) is 1. The summed E-state index contributed by atoms with van der Waals surface area (Å²) in [6.45, 7) is 1.96. The molecule has 1 saturated heterocycles.